The number of carboxylic acids is 1. The number of hydrogen-bond acceptors (Lipinski definition) is 18. The van der Waals surface area contributed by atoms with Gasteiger partial charge in [0.1, 0.15) is 19.2 Å². The number of aryl methyl sites for hydroxylation is 2. The van der Waals surface area contributed by atoms with Crippen LogP contribution in [0.1, 0.15) is 49.5 Å². The van der Waals surface area contributed by atoms with Gasteiger partial charge in [-0.1, -0.05) is 16.3 Å². The summed E-state index contributed by atoms with van der Waals surface area (Å²) in [5, 5.41) is 29.0. The molecule has 0 aliphatic carbocycles. The van der Waals surface area contributed by atoms with Gasteiger partial charge in [-0.15, -0.1) is 16.6 Å². The lowest BCUT2D eigenvalue weighted by atomic mass is 10.1. The number of rotatable bonds is 28. The van der Waals surface area contributed by atoms with Crippen LogP contribution in [0.4, 0.5) is 17.8 Å². The maximum absolute atomic E-state index is 14.0. The highest BCUT2D eigenvalue weighted by atomic mass is 16.5. The minimum absolute atomic E-state index is 0.0448. The SMILES string of the molecule is C#CCOCCOCCOCCNc1nc(N2CCN(C(=O)Cn3cc(CCCN=C(N)N)nn3)CC2)nc(N2CCN(C(=O)[C@H](CCCCN)n3cc(CCC(=O)O)nn3)CC2)n1. The molecule has 0 saturated carbocycles. The van der Waals surface area contributed by atoms with E-state index in [1.54, 1.807) is 31.6 Å². The number of guanidine groups is 1. The number of nitrogens with one attached hydrogen (secondary N) is 1. The number of terminal acetylenes is 1. The van der Waals surface area contributed by atoms with Gasteiger partial charge in [0.15, 0.2) is 5.96 Å². The molecule has 350 valence electrons. The first kappa shape index (κ1) is 48.8. The Hall–Kier alpha value is -6.23. The van der Waals surface area contributed by atoms with E-state index in [0.29, 0.717) is 148 Å². The number of aliphatic carboxylic acids is 1. The molecule has 0 spiro atoms. The van der Waals surface area contributed by atoms with Crippen molar-refractivity contribution >= 4 is 41.6 Å². The standard InChI is InChI=1S/C39H62N18O7/c1-2-21-62-23-25-64-26-24-63-22-12-44-37-45-38(54-17-13-52(14-18-54)33(58)29-56-27-30(48-50-56)6-5-11-43-36(41)42)47-39(46-37)55-19-15-53(16-20-55)35(61)32(7-3-4-10-40)57-28-31(49-51-57)8-9-34(59)60/h1,27-28,32H,3-26,29,40H2,(H,59,60)(H4,41,42,43)(H,44,45,46,47)/t32-/m0/s1. The third-order valence-electron chi connectivity index (χ3n) is 10.3. The summed E-state index contributed by atoms with van der Waals surface area (Å²) in [7, 11) is 0. The Morgan fingerprint density at radius 2 is 1.45 bits per heavy atom. The monoisotopic (exact) mass is 895 g/mol. The van der Waals surface area contributed by atoms with Crippen LogP contribution in [0.5, 0.6) is 0 Å². The maximum atomic E-state index is 14.0. The Labute approximate surface area is 372 Å². The fraction of sp³-hybridized carbons (Fsp3) is 0.667. The summed E-state index contributed by atoms with van der Waals surface area (Å²) in [4.78, 5) is 64.5. The van der Waals surface area contributed by atoms with Crippen LogP contribution in [0.15, 0.2) is 17.4 Å². The Kier molecular flexibility index (Phi) is 20.1. The van der Waals surface area contributed by atoms with Gasteiger partial charge in [0.25, 0.3) is 0 Å². The van der Waals surface area contributed by atoms with Gasteiger partial charge in [-0.25, -0.2) is 9.36 Å². The Bertz CT molecular complexity index is 1970. The lowest BCUT2D eigenvalue weighted by Gasteiger charge is -2.37. The van der Waals surface area contributed by atoms with Crippen molar-refractivity contribution in [1.82, 2.24) is 54.7 Å². The molecule has 2 amide bonds. The first-order chi connectivity index (χ1) is 31.1. The van der Waals surface area contributed by atoms with Crippen LogP contribution in [0.25, 0.3) is 0 Å². The van der Waals surface area contributed by atoms with Crippen molar-refractivity contribution in [3.05, 3.63) is 23.8 Å². The second-order valence-electron chi connectivity index (χ2n) is 15.0. The van der Waals surface area contributed by atoms with Crippen molar-refractivity contribution in [3.8, 4) is 12.3 Å². The zero-order valence-corrected chi connectivity index (χ0v) is 36.4. The molecule has 0 radical (unpaired) electrons. The van der Waals surface area contributed by atoms with Crippen molar-refractivity contribution < 1.29 is 33.7 Å². The van der Waals surface area contributed by atoms with E-state index in [4.69, 9.17) is 57.9 Å². The molecule has 2 aliphatic rings. The first-order valence-electron chi connectivity index (χ1n) is 21.6. The van der Waals surface area contributed by atoms with Gasteiger partial charge < -0.3 is 61.4 Å². The van der Waals surface area contributed by atoms with E-state index in [0.717, 1.165) is 18.5 Å². The van der Waals surface area contributed by atoms with Crippen LogP contribution in [0.2, 0.25) is 0 Å². The molecule has 1 atom stereocenters. The topological polar surface area (TPSA) is 315 Å². The largest absolute Gasteiger partial charge is 0.481 e. The van der Waals surface area contributed by atoms with Crippen LogP contribution in [0, 0.1) is 12.3 Å². The number of nitrogens with two attached hydrogens (primary N) is 3. The second-order valence-corrected chi connectivity index (χ2v) is 15.0. The molecular weight excluding hydrogens is 833 g/mol. The van der Waals surface area contributed by atoms with Crippen molar-refractivity contribution in [3.63, 3.8) is 0 Å². The average molecular weight is 895 g/mol. The fourth-order valence-electron chi connectivity index (χ4n) is 6.92. The summed E-state index contributed by atoms with van der Waals surface area (Å²) < 4.78 is 19.5. The number of amides is 2. The van der Waals surface area contributed by atoms with Gasteiger partial charge in [-0.3, -0.25) is 19.4 Å². The summed E-state index contributed by atoms with van der Waals surface area (Å²) in [5.74, 6) is 2.65. The van der Waals surface area contributed by atoms with Gasteiger partial charge >= 0.3 is 5.97 Å². The molecule has 5 heterocycles. The van der Waals surface area contributed by atoms with Crippen molar-refractivity contribution in [2.45, 2.75) is 57.5 Å². The minimum atomic E-state index is -0.930. The number of hydrogen-bond donors (Lipinski definition) is 5. The lowest BCUT2D eigenvalue weighted by molar-refractivity contribution is -0.137. The highest BCUT2D eigenvalue weighted by molar-refractivity contribution is 5.80. The zero-order valence-electron chi connectivity index (χ0n) is 36.4. The molecule has 3 aromatic rings. The van der Waals surface area contributed by atoms with Crippen LogP contribution < -0.4 is 32.3 Å². The molecule has 2 saturated heterocycles. The van der Waals surface area contributed by atoms with Crippen LogP contribution in [-0.4, -0.2) is 195 Å². The van der Waals surface area contributed by atoms with Gasteiger partial charge in [-0.2, -0.15) is 15.0 Å². The van der Waals surface area contributed by atoms with Crippen molar-refractivity contribution in [2.24, 2.45) is 22.2 Å². The third kappa shape index (κ3) is 16.2. The molecule has 0 bridgehead atoms. The third-order valence-corrected chi connectivity index (χ3v) is 10.3. The lowest BCUT2D eigenvalue weighted by Crippen LogP contribution is -2.51. The summed E-state index contributed by atoms with van der Waals surface area (Å²) >= 11 is 0. The molecule has 2 fully saturated rings. The molecule has 25 heteroatoms. The number of carbonyl (C=O) groups excluding carboxylic acids is 2. The highest BCUT2D eigenvalue weighted by Gasteiger charge is 2.31. The van der Waals surface area contributed by atoms with Crippen molar-refractivity contribution in [2.75, 3.05) is 127 Å². The maximum Gasteiger partial charge on any atom is 0.303 e. The number of aliphatic imine (C=N–C) groups is 1. The van der Waals surface area contributed by atoms with E-state index in [9.17, 15) is 14.4 Å². The summed E-state index contributed by atoms with van der Waals surface area (Å²) in [6.07, 6.45) is 12.1. The van der Waals surface area contributed by atoms with E-state index in [-0.39, 0.29) is 43.8 Å². The number of ether oxygens (including phenoxy) is 3. The molecular formula is C39H62N18O7. The summed E-state index contributed by atoms with van der Waals surface area (Å²) in [5.41, 5.74) is 17.8. The molecule has 0 aromatic carbocycles. The molecule has 64 heavy (non-hydrogen) atoms. The van der Waals surface area contributed by atoms with E-state index < -0.39 is 12.0 Å². The quantitative estimate of drug-likeness (QED) is 0.0222. The Morgan fingerprint density at radius 1 is 0.812 bits per heavy atom. The number of nitrogens with zero attached hydrogens (tertiary/aromatic N) is 14. The smallest absolute Gasteiger partial charge is 0.303 e. The van der Waals surface area contributed by atoms with E-state index in [1.807, 2.05) is 9.80 Å². The number of carbonyl (C=O) groups is 3. The minimum Gasteiger partial charge on any atom is -0.481 e. The summed E-state index contributed by atoms with van der Waals surface area (Å²) in [6.45, 7) is 7.37. The Morgan fingerprint density at radius 3 is 2.11 bits per heavy atom. The van der Waals surface area contributed by atoms with E-state index >= 15 is 0 Å². The number of aromatic nitrogens is 9. The normalized spacial score (nSPS) is 14.6. The van der Waals surface area contributed by atoms with Crippen LogP contribution in [-0.2, 0) is 48.0 Å². The molecule has 3 aromatic heterocycles. The molecule has 0 unspecified atom stereocenters. The molecule has 5 rings (SSSR count). The molecule has 2 aliphatic heterocycles. The van der Waals surface area contributed by atoms with Gasteiger partial charge in [0.05, 0.1) is 50.8 Å². The van der Waals surface area contributed by atoms with Gasteiger partial charge in [0.2, 0.25) is 29.7 Å². The van der Waals surface area contributed by atoms with Gasteiger partial charge in [0, 0.05) is 84.3 Å². The number of unbranched alkanes of at least 4 members (excludes halogenated alkanes) is 1. The van der Waals surface area contributed by atoms with Gasteiger partial charge in [-0.05, 0) is 38.6 Å². The number of piperazine rings is 2. The first-order valence-corrected chi connectivity index (χ1v) is 21.6. The zero-order chi connectivity index (χ0) is 45.5. The van der Waals surface area contributed by atoms with E-state index in [2.05, 4.69) is 36.9 Å². The average Bonchev–Trinajstić information content (AvgIpc) is 3.97. The number of anilines is 3. The van der Waals surface area contributed by atoms with Crippen molar-refractivity contribution in [1.29, 1.82) is 0 Å². The second kappa shape index (κ2) is 26.4. The summed E-state index contributed by atoms with van der Waals surface area (Å²) in [6, 6.07) is -0.599. The molecule has 25 nitrogen and oxygen atoms in total. The highest BCUT2D eigenvalue weighted by Crippen LogP contribution is 2.23. The number of carboxylic acid groups (broad SMARTS) is 1. The molecule has 8 N–H and O–H groups in total. The Balaban J connectivity index is 1.19. The van der Waals surface area contributed by atoms with Crippen LogP contribution >= 0.6 is 0 Å². The van der Waals surface area contributed by atoms with E-state index in [1.165, 1.54) is 0 Å². The van der Waals surface area contributed by atoms with Crippen LogP contribution in [0.3, 0.4) is 0 Å². The fourth-order valence-corrected chi connectivity index (χ4v) is 6.92. The predicted octanol–water partition coefficient (Wildman–Crippen LogP) is -2.26. The predicted molar refractivity (Wildman–Crippen MR) is 234 cm³/mol.